The molecule has 4 nitrogen and oxygen atoms in total. The second-order valence-corrected chi connectivity index (χ2v) is 8.90. The summed E-state index contributed by atoms with van der Waals surface area (Å²) < 4.78 is 12.5. The zero-order chi connectivity index (χ0) is 21.7. The third kappa shape index (κ3) is 6.21. The van der Waals surface area contributed by atoms with E-state index in [2.05, 4.69) is 18.7 Å². The highest BCUT2D eigenvalue weighted by Gasteiger charge is 2.53. The Morgan fingerprint density at radius 1 is 1.21 bits per heavy atom. The lowest BCUT2D eigenvalue weighted by Gasteiger charge is -2.32. The summed E-state index contributed by atoms with van der Waals surface area (Å²) in [6.07, 6.45) is 6.40. The van der Waals surface area contributed by atoms with Crippen LogP contribution in [0.15, 0.2) is 49.1 Å². The first-order chi connectivity index (χ1) is 13.6. The molecule has 0 aromatic heterocycles. The van der Waals surface area contributed by atoms with Gasteiger partial charge in [-0.1, -0.05) is 54.6 Å². The molecule has 0 saturated carbocycles. The summed E-state index contributed by atoms with van der Waals surface area (Å²) in [4.78, 5) is 14.2. The van der Waals surface area contributed by atoms with Crippen LogP contribution in [0.4, 0.5) is 0 Å². The molecule has 0 aliphatic carbocycles. The van der Waals surface area contributed by atoms with Crippen LogP contribution in [0.2, 0.25) is 5.82 Å². The van der Waals surface area contributed by atoms with Gasteiger partial charge < -0.3 is 14.2 Å². The quantitative estimate of drug-likeness (QED) is 0.316. The second-order valence-electron chi connectivity index (χ2n) is 8.63. The maximum atomic E-state index is 12.4. The van der Waals surface area contributed by atoms with Crippen molar-refractivity contribution < 1.29 is 14.1 Å². The topological polar surface area (TPSA) is 38.8 Å². The fourth-order valence-electron chi connectivity index (χ4n) is 3.20. The first kappa shape index (κ1) is 23.7. The normalized spacial score (nSPS) is 18.8. The van der Waals surface area contributed by atoms with Crippen molar-refractivity contribution in [2.75, 3.05) is 12.4 Å². The van der Waals surface area contributed by atoms with Gasteiger partial charge in [0.25, 0.3) is 0 Å². The number of nitrogens with zero attached hydrogens (tertiary/aromatic N) is 1. The molecule has 1 amide bonds. The van der Waals surface area contributed by atoms with Gasteiger partial charge in [0.2, 0.25) is 5.91 Å². The summed E-state index contributed by atoms with van der Waals surface area (Å²) >= 11 is 5.87. The standard InChI is InChI=1S/C23H33BClNO3/c1-7-8-9-20(24-28-22(3,4)23(5,6)29-24)14-15-26(21(27)16-25)17-19-12-10-18(2)11-13-19/h7-13,20H,1,14-17H2,2-6H3/b9-8-/t20-/m0/s1. The average Bonchev–Trinajstić information content (AvgIpc) is 2.88. The molecule has 0 unspecified atom stereocenters. The molecule has 29 heavy (non-hydrogen) atoms. The van der Waals surface area contributed by atoms with E-state index in [1.807, 2.05) is 58.9 Å². The molecule has 2 rings (SSSR count). The van der Waals surface area contributed by atoms with Crippen LogP contribution in [0.1, 0.15) is 45.2 Å². The molecule has 0 bridgehead atoms. The molecule has 0 radical (unpaired) electrons. The summed E-state index contributed by atoms with van der Waals surface area (Å²) in [5.74, 6) is -0.111. The van der Waals surface area contributed by atoms with Crippen molar-refractivity contribution in [1.29, 1.82) is 0 Å². The van der Waals surface area contributed by atoms with E-state index < -0.39 is 11.2 Å². The summed E-state index contributed by atoms with van der Waals surface area (Å²) in [5, 5.41) is 0. The van der Waals surface area contributed by atoms with E-state index in [-0.39, 0.29) is 24.7 Å². The highest BCUT2D eigenvalue weighted by atomic mass is 35.5. The monoisotopic (exact) mass is 417 g/mol. The van der Waals surface area contributed by atoms with Crippen LogP contribution in [-0.2, 0) is 20.6 Å². The van der Waals surface area contributed by atoms with Gasteiger partial charge in [-0.15, -0.1) is 11.6 Å². The van der Waals surface area contributed by atoms with Gasteiger partial charge in [-0.05, 0) is 46.6 Å². The Kier molecular flexibility index (Phi) is 8.15. The van der Waals surface area contributed by atoms with Crippen molar-refractivity contribution in [3.05, 3.63) is 60.2 Å². The maximum Gasteiger partial charge on any atom is 0.465 e. The Labute approximate surface area is 181 Å². The number of alkyl halides is 1. The SMILES string of the molecule is C=C/C=C\[C@@H](CCN(Cc1ccc(C)cc1)C(=O)CCl)B1OC(C)(C)C(C)(C)O1. The fraction of sp³-hybridized carbons (Fsp3) is 0.522. The van der Waals surface area contributed by atoms with E-state index in [1.54, 1.807) is 11.0 Å². The molecule has 1 fully saturated rings. The fourth-order valence-corrected chi connectivity index (χ4v) is 3.37. The van der Waals surface area contributed by atoms with E-state index >= 15 is 0 Å². The smallest absolute Gasteiger partial charge is 0.403 e. The van der Waals surface area contributed by atoms with Crippen LogP contribution in [-0.4, -0.2) is 41.6 Å². The molecule has 0 N–H and O–H groups in total. The number of rotatable bonds is 9. The predicted octanol–water partition coefficient (Wildman–Crippen LogP) is 5.16. The van der Waals surface area contributed by atoms with Crippen LogP contribution in [0.25, 0.3) is 0 Å². The first-order valence-corrected chi connectivity index (χ1v) is 10.7. The Bertz CT molecular complexity index is 714. The molecule has 1 heterocycles. The van der Waals surface area contributed by atoms with Crippen LogP contribution in [0.3, 0.4) is 0 Å². The Balaban J connectivity index is 2.12. The van der Waals surface area contributed by atoms with Crippen LogP contribution in [0, 0.1) is 6.92 Å². The van der Waals surface area contributed by atoms with Gasteiger partial charge in [0, 0.05) is 18.9 Å². The van der Waals surface area contributed by atoms with Crippen LogP contribution >= 0.6 is 11.6 Å². The van der Waals surface area contributed by atoms with Crippen molar-refractivity contribution in [3.63, 3.8) is 0 Å². The number of hydrogen-bond acceptors (Lipinski definition) is 3. The lowest BCUT2D eigenvalue weighted by molar-refractivity contribution is -0.129. The van der Waals surface area contributed by atoms with E-state index in [0.717, 1.165) is 5.56 Å². The number of carbonyl (C=O) groups is 1. The van der Waals surface area contributed by atoms with Crippen LogP contribution in [0.5, 0.6) is 0 Å². The third-order valence-electron chi connectivity index (χ3n) is 5.81. The Morgan fingerprint density at radius 2 is 1.79 bits per heavy atom. The van der Waals surface area contributed by atoms with Crippen molar-refractivity contribution in [2.24, 2.45) is 0 Å². The molecule has 0 spiro atoms. The summed E-state index contributed by atoms with van der Waals surface area (Å²) in [6.45, 7) is 15.1. The maximum absolute atomic E-state index is 12.4. The molecule has 158 valence electrons. The van der Waals surface area contributed by atoms with E-state index in [4.69, 9.17) is 20.9 Å². The summed E-state index contributed by atoms with van der Waals surface area (Å²) in [5.41, 5.74) is 1.49. The Hall–Kier alpha value is -1.56. The largest absolute Gasteiger partial charge is 0.465 e. The molecule has 1 atom stereocenters. The van der Waals surface area contributed by atoms with E-state index in [0.29, 0.717) is 19.5 Å². The van der Waals surface area contributed by atoms with E-state index in [1.165, 1.54) is 5.56 Å². The minimum atomic E-state index is -0.397. The lowest BCUT2D eigenvalue weighted by Crippen LogP contribution is -2.41. The molecular weight excluding hydrogens is 385 g/mol. The highest BCUT2D eigenvalue weighted by molar-refractivity contribution is 6.48. The van der Waals surface area contributed by atoms with Crippen molar-refractivity contribution in [3.8, 4) is 0 Å². The number of allylic oxidation sites excluding steroid dienone is 3. The van der Waals surface area contributed by atoms with Crippen molar-refractivity contribution in [1.82, 2.24) is 4.90 Å². The van der Waals surface area contributed by atoms with Gasteiger partial charge in [0.1, 0.15) is 5.88 Å². The number of aryl methyl sites for hydroxylation is 1. The first-order valence-electron chi connectivity index (χ1n) is 10.1. The zero-order valence-corrected chi connectivity index (χ0v) is 19.0. The molecule has 1 aromatic carbocycles. The number of benzene rings is 1. The van der Waals surface area contributed by atoms with Gasteiger partial charge >= 0.3 is 7.12 Å². The summed E-state index contributed by atoms with van der Waals surface area (Å²) in [7, 11) is -0.372. The van der Waals surface area contributed by atoms with Gasteiger partial charge in [0.15, 0.2) is 0 Å². The van der Waals surface area contributed by atoms with Gasteiger partial charge in [-0.25, -0.2) is 0 Å². The second kappa shape index (κ2) is 9.97. The number of halogens is 1. The number of carbonyl (C=O) groups excluding carboxylic acids is 1. The minimum Gasteiger partial charge on any atom is -0.403 e. The van der Waals surface area contributed by atoms with Crippen molar-refractivity contribution >= 4 is 24.6 Å². The molecule has 1 aliphatic heterocycles. The lowest BCUT2D eigenvalue weighted by atomic mass is 9.69. The number of amides is 1. The highest BCUT2D eigenvalue weighted by Crippen LogP contribution is 2.41. The molecular formula is C23H33BClNO3. The predicted molar refractivity (Wildman–Crippen MR) is 121 cm³/mol. The molecule has 1 aliphatic rings. The van der Waals surface area contributed by atoms with Crippen LogP contribution < -0.4 is 0 Å². The number of hydrogen-bond donors (Lipinski definition) is 0. The average molecular weight is 418 g/mol. The van der Waals surface area contributed by atoms with Gasteiger partial charge in [-0.3, -0.25) is 4.79 Å². The van der Waals surface area contributed by atoms with E-state index in [9.17, 15) is 4.79 Å². The summed E-state index contributed by atoms with van der Waals surface area (Å²) in [6, 6.07) is 8.21. The molecule has 6 heteroatoms. The van der Waals surface area contributed by atoms with Gasteiger partial charge in [-0.2, -0.15) is 0 Å². The molecule has 1 aromatic rings. The zero-order valence-electron chi connectivity index (χ0n) is 18.3. The minimum absolute atomic E-state index is 0.00214. The molecule has 1 saturated heterocycles. The van der Waals surface area contributed by atoms with Gasteiger partial charge in [0.05, 0.1) is 11.2 Å². The Morgan fingerprint density at radius 3 is 2.31 bits per heavy atom. The third-order valence-corrected chi connectivity index (χ3v) is 6.04. The van der Waals surface area contributed by atoms with Crippen molar-refractivity contribution in [2.45, 2.75) is 64.6 Å².